The number of carbonyl (C=O) groups excluding carboxylic acids is 3. The van der Waals surface area contributed by atoms with Crippen molar-refractivity contribution in [2.45, 2.75) is 38.9 Å². The van der Waals surface area contributed by atoms with E-state index in [0.717, 1.165) is 12.1 Å². The molecule has 4 rings (SSSR count). The average molecular weight is 537 g/mol. The third-order valence-electron chi connectivity index (χ3n) is 6.59. The quantitative estimate of drug-likeness (QED) is 0.531. The Bertz CT molecular complexity index is 1190. The van der Waals surface area contributed by atoms with Gasteiger partial charge in [0.15, 0.2) is 5.17 Å². The van der Waals surface area contributed by atoms with E-state index in [9.17, 15) is 27.6 Å². The fourth-order valence-corrected chi connectivity index (χ4v) is 5.56. The number of hydrogen-bond donors (Lipinski definition) is 0. The number of nitrogens with zero attached hydrogens (tertiary/aromatic N) is 4. The lowest BCUT2D eigenvalue weighted by atomic mass is 9.92. The number of amidine groups is 1. The molecule has 0 saturated carbocycles. The van der Waals surface area contributed by atoms with Crippen LogP contribution in [-0.4, -0.2) is 70.9 Å². The Morgan fingerprint density at radius 1 is 1.08 bits per heavy atom. The Balaban J connectivity index is 1.65. The SMILES string of the molecule is CCC1=C(C(=O)OC)[C@H](c2ccc(C(F)(F)F)cc2)N2C(CC(=O)N3CCN(C(C)=O)CC3)=CSC2=N1. The topological polar surface area (TPSA) is 82.5 Å². The van der Waals surface area contributed by atoms with Crippen LogP contribution < -0.4 is 0 Å². The number of piperazine rings is 1. The number of methoxy groups -OCH3 is 1. The van der Waals surface area contributed by atoms with E-state index in [4.69, 9.17) is 4.74 Å². The summed E-state index contributed by atoms with van der Waals surface area (Å²) in [6.45, 7) is 5.06. The number of allylic oxidation sites excluding steroid dienone is 1. The minimum atomic E-state index is -4.50. The number of fused-ring (bicyclic) bond motifs is 1. The van der Waals surface area contributed by atoms with Gasteiger partial charge in [0, 0.05) is 38.8 Å². The molecular weight excluding hydrogens is 509 g/mol. The van der Waals surface area contributed by atoms with Crippen molar-refractivity contribution in [1.82, 2.24) is 14.7 Å². The van der Waals surface area contributed by atoms with E-state index in [1.165, 1.54) is 37.9 Å². The molecule has 8 nitrogen and oxygen atoms in total. The third-order valence-corrected chi connectivity index (χ3v) is 7.48. The summed E-state index contributed by atoms with van der Waals surface area (Å²) >= 11 is 1.30. The first-order valence-corrected chi connectivity index (χ1v) is 12.7. The number of hydrogen-bond acceptors (Lipinski definition) is 7. The molecule has 0 radical (unpaired) electrons. The van der Waals surface area contributed by atoms with Crippen molar-refractivity contribution >= 4 is 34.7 Å². The molecule has 2 amide bonds. The molecule has 3 heterocycles. The Morgan fingerprint density at radius 3 is 2.24 bits per heavy atom. The van der Waals surface area contributed by atoms with Crippen molar-refractivity contribution in [3.8, 4) is 0 Å². The van der Waals surface area contributed by atoms with Crippen molar-refractivity contribution < 1.29 is 32.3 Å². The highest BCUT2D eigenvalue weighted by atomic mass is 32.2. The highest BCUT2D eigenvalue weighted by molar-refractivity contribution is 8.16. The first-order valence-electron chi connectivity index (χ1n) is 11.8. The van der Waals surface area contributed by atoms with Crippen molar-refractivity contribution in [1.29, 1.82) is 0 Å². The highest BCUT2D eigenvalue weighted by Gasteiger charge is 2.42. The van der Waals surface area contributed by atoms with Gasteiger partial charge in [0.1, 0.15) is 0 Å². The Hall–Kier alpha value is -3.28. The molecule has 1 saturated heterocycles. The van der Waals surface area contributed by atoms with Gasteiger partial charge in [-0.25, -0.2) is 9.79 Å². The van der Waals surface area contributed by atoms with Crippen LogP contribution in [0.1, 0.15) is 43.9 Å². The normalized spacial score (nSPS) is 19.9. The van der Waals surface area contributed by atoms with Gasteiger partial charge >= 0.3 is 12.1 Å². The lowest BCUT2D eigenvalue weighted by molar-refractivity contribution is -0.138. The van der Waals surface area contributed by atoms with Gasteiger partial charge in [0.05, 0.1) is 36.4 Å². The summed E-state index contributed by atoms with van der Waals surface area (Å²) in [4.78, 5) is 47.4. The number of aliphatic imine (C=N–C) groups is 1. The molecular formula is C25H27F3N4O4S. The van der Waals surface area contributed by atoms with Crippen LogP contribution in [0.25, 0.3) is 0 Å². The van der Waals surface area contributed by atoms with E-state index in [1.807, 2.05) is 6.92 Å². The van der Waals surface area contributed by atoms with Gasteiger partial charge in [-0.2, -0.15) is 13.2 Å². The first-order chi connectivity index (χ1) is 17.5. The predicted molar refractivity (Wildman–Crippen MR) is 132 cm³/mol. The Labute approximate surface area is 216 Å². The number of rotatable bonds is 5. The molecule has 0 N–H and O–H groups in total. The highest BCUT2D eigenvalue weighted by Crippen LogP contribution is 2.46. The summed E-state index contributed by atoms with van der Waals surface area (Å²) in [5.74, 6) is -0.816. The van der Waals surface area contributed by atoms with Gasteiger partial charge in [-0.3, -0.25) is 9.59 Å². The molecule has 12 heteroatoms. The fraction of sp³-hybridized carbons (Fsp3) is 0.440. The standard InChI is InChI=1S/C25H27F3N4O4S/c1-4-19-21(23(35)36-3)22(16-5-7-17(8-6-16)25(26,27)28)32-18(14-37-24(32)29-19)13-20(34)31-11-9-30(10-12-31)15(2)33/h5-8,14,22H,4,9-13H2,1-3H3/t22-/m0/s1. The minimum absolute atomic E-state index is 0.0130. The maximum absolute atomic E-state index is 13.2. The average Bonchev–Trinajstić information content (AvgIpc) is 3.28. The molecule has 0 aromatic heterocycles. The molecule has 3 aliphatic heterocycles. The Morgan fingerprint density at radius 2 is 1.70 bits per heavy atom. The minimum Gasteiger partial charge on any atom is -0.466 e. The van der Waals surface area contributed by atoms with E-state index in [1.54, 1.807) is 20.1 Å². The summed E-state index contributed by atoms with van der Waals surface area (Å²) < 4.78 is 44.7. The van der Waals surface area contributed by atoms with E-state index < -0.39 is 23.8 Å². The number of alkyl halides is 3. The number of carbonyl (C=O) groups is 3. The lowest BCUT2D eigenvalue weighted by Crippen LogP contribution is -2.50. The van der Waals surface area contributed by atoms with E-state index >= 15 is 0 Å². The molecule has 3 aliphatic rings. The lowest BCUT2D eigenvalue weighted by Gasteiger charge is -2.38. The second kappa shape index (κ2) is 10.6. The number of ether oxygens (including phenoxy) is 1. The van der Waals surface area contributed by atoms with E-state index in [0.29, 0.717) is 54.7 Å². The monoisotopic (exact) mass is 536 g/mol. The number of halogens is 3. The summed E-state index contributed by atoms with van der Waals surface area (Å²) in [6.07, 6.45) is -4.08. The van der Waals surface area contributed by atoms with Gasteiger partial charge in [-0.15, -0.1) is 0 Å². The first kappa shape index (κ1) is 26.8. The zero-order chi connectivity index (χ0) is 26.9. The molecule has 0 spiro atoms. The molecule has 1 aromatic rings. The zero-order valence-corrected chi connectivity index (χ0v) is 21.5. The second-order valence-corrected chi connectivity index (χ2v) is 9.62. The van der Waals surface area contributed by atoms with Gasteiger partial charge in [-0.05, 0) is 29.5 Å². The molecule has 0 aliphatic carbocycles. The Kier molecular flexibility index (Phi) is 7.67. The van der Waals surface area contributed by atoms with Crippen LogP contribution in [0.15, 0.2) is 51.6 Å². The van der Waals surface area contributed by atoms with Crippen LogP contribution in [0, 0.1) is 0 Å². The summed E-state index contributed by atoms with van der Waals surface area (Å²) in [5, 5.41) is 2.33. The van der Waals surface area contributed by atoms with Gasteiger partial charge in [0.25, 0.3) is 0 Å². The maximum Gasteiger partial charge on any atom is 0.416 e. The smallest absolute Gasteiger partial charge is 0.416 e. The van der Waals surface area contributed by atoms with E-state index in [-0.39, 0.29) is 23.8 Å². The van der Waals surface area contributed by atoms with Crippen LogP contribution in [0.2, 0.25) is 0 Å². The van der Waals surface area contributed by atoms with Crippen LogP contribution in [0.5, 0.6) is 0 Å². The van der Waals surface area contributed by atoms with Gasteiger partial charge in [-0.1, -0.05) is 30.8 Å². The molecule has 0 unspecified atom stereocenters. The second-order valence-electron chi connectivity index (χ2n) is 8.78. The number of benzene rings is 1. The number of amides is 2. The summed E-state index contributed by atoms with van der Waals surface area (Å²) in [6, 6.07) is 3.84. The zero-order valence-electron chi connectivity index (χ0n) is 20.7. The van der Waals surface area contributed by atoms with E-state index in [2.05, 4.69) is 4.99 Å². The molecule has 1 fully saturated rings. The maximum atomic E-state index is 13.2. The number of esters is 1. The predicted octanol–water partition coefficient (Wildman–Crippen LogP) is 3.92. The van der Waals surface area contributed by atoms with Gasteiger partial charge in [0.2, 0.25) is 11.8 Å². The van der Waals surface area contributed by atoms with Gasteiger partial charge < -0.3 is 19.4 Å². The van der Waals surface area contributed by atoms with Crippen LogP contribution in [0.4, 0.5) is 13.2 Å². The molecule has 0 bridgehead atoms. The van der Waals surface area contributed by atoms with Crippen molar-refractivity contribution in [3.63, 3.8) is 0 Å². The third kappa shape index (κ3) is 5.39. The summed E-state index contributed by atoms with van der Waals surface area (Å²) in [7, 11) is 1.24. The van der Waals surface area contributed by atoms with Crippen molar-refractivity contribution in [3.05, 3.63) is 57.8 Å². The number of thioether (sulfide) groups is 1. The summed E-state index contributed by atoms with van der Waals surface area (Å²) in [5.41, 5.74) is 0.944. The molecule has 1 atom stereocenters. The van der Waals surface area contributed by atoms with Crippen molar-refractivity contribution in [2.75, 3.05) is 33.3 Å². The van der Waals surface area contributed by atoms with Crippen LogP contribution in [-0.2, 0) is 25.3 Å². The molecule has 198 valence electrons. The molecule has 1 aromatic carbocycles. The van der Waals surface area contributed by atoms with Crippen molar-refractivity contribution in [2.24, 2.45) is 4.99 Å². The molecule has 37 heavy (non-hydrogen) atoms. The van der Waals surface area contributed by atoms with Crippen LogP contribution in [0.3, 0.4) is 0 Å². The largest absolute Gasteiger partial charge is 0.466 e. The fourth-order valence-electron chi connectivity index (χ4n) is 4.62. The van der Waals surface area contributed by atoms with Crippen LogP contribution >= 0.6 is 11.8 Å².